The van der Waals surface area contributed by atoms with Gasteiger partial charge in [-0.3, -0.25) is 14.4 Å². The molecule has 3 amide bonds. The van der Waals surface area contributed by atoms with Gasteiger partial charge in [-0.25, -0.2) is 4.79 Å². The summed E-state index contributed by atoms with van der Waals surface area (Å²) in [5, 5.41) is 23.7. The zero-order valence-corrected chi connectivity index (χ0v) is 18.4. The fourth-order valence-electron chi connectivity index (χ4n) is 3.54. The topological polar surface area (TPSA) is 188 Å². The van der Waals surface area contributed by atoms with Crippen LogP contribution in [0.15, 0.2) is 0 Å². The molecule has 1 fully saturated rings. The second-order valence-corrected chi connectivity index (χ2v) is 8.03. The van der Waals surface area contributed by atoms with Gasteiger partial charge in [0.05, 0.1) is 6.61 Å². The fraction of sp³-hybridized carbons (Fsp3) is 0.800. The Morgan fingerprint density at radius 2 is 1.84 bits per heavy atom. The minimum atomic E-state index is -1.16. The molecule has 1 heterocycles. The number of aliphatic hydroxyl groups is 1. The van der Waals surface area contributed by atoms with E-state index in [-0.39, 0.29) is 5.92 Å². The average molecular weight is 444 g/mol. The van der Waals surface area contributed by atoms with Crippen LogP contribution in [0.5, 0.6) is 0 Å². The zero-order chi connectivity index (χ0) is 23.6. The van der Waals surface area contributed by atoms with Crippen LogP contribution in [0.25, 0.3) is 0 Å². The highest BCUT2D eigenvalue weighted by Crippen LogP contribution is 2.20. The number of nitrogens with one attached hydrogen (secondary N) is 2. The number of hydrogen-bond acceptors (Lipinski definition) is 7. The Labute approximate surface area is 182 Å². The Morgan fingerprint density at radius 1 is 1.16 bits per heavy atom. The summed E-state index contributed by atoms with van der Waals surface area (Å²) in [4.78, 5) is 51.1. The number of nitrogens with two attached hydrogens (primary N) is 2. The van der Waals surface area contributed by atoms with Gasteiger partial charge in [-0.1, -0.05) is 20.3 Å². The second kappa shape index (κ2) is 13.2. The van der Waals surface area contributed by atoms with Gasteiger partial charge >= 0.3 is 5.97 Å². The van der Waals surface area contributed by atoms with Crippen molar-refractivity contribution in [3.63, 3.8) is 0 Å². The Kier molecular flexibility index (Phi) is 11.4. The number of unbranched alkanes of at least 4 members (excludes halogenated alkanes) is 1. The molecule has 1 rings (SSSR count). The smallest absolute Gasteiger partial charge is 0.326 e. The maximum atomic E-state index is 13.1. The van der Waals surface area contributed by atoms with Crippen LogP contribution >= 0.6 is 0 Å². The Balaban J connectivity index is 3.00. The zero-order valence-electron chi connectivity index (χ0n) is 18.4. The number of amides is 3. The molecule has 1 saturated heterocycles. The van der Waals surface area contributed by atoms with E-state index in [1.165, 1.54) is 4.90 Å². The van der Waals surface area contributed by atoms with Gasteiger partial charge in [0.15, 0.2) is 0 Å². The summed E-state index contributed by atoms with van der Waals surface area (Å²) < 4.78 is 0. The van der Waals surface area contributed by atoms with E-state index in [1.807, 2.05) is 6.92 Å². The van der Waals surface area contributed by atoms with Gasteiger partial charge in [-0.15, -0.1) is 0 Å². The van der Waals surface area contributed by atoms with Gasteiger partial charge < -0.3 is 37.2 Å². The van der Waals surface area contributed by atoms with Crippen molar-refractivity contribution in [1.82, 2.24) is 15.5 Å². The molecular weight excluding hydrogens is 406 g/mol. The molecule has 0 aromatic carbocycles. The Bertz CT molecular complexity index is 631. The van der Waals surface area contributed by atoms with E-state index in [2.05, 4.69) is 10.6 Å². The quantitative estimate of drug-likeness (QED) is 0.186. The average Bonchev–Trinajstić information content (AvgIpc) is 3.25. The summed E-state index contributed by atoms with van der Waals surface area (Å²) in [5.41, 5.74) is 11.1. The fourth-order valence-corrected chi connectivity index (χ4v) is 3.54. The van der Waals surface area contributed by atoms with Crippen molar-refractivity contribution in [3.05, 3.63) is 0 Å². The summed E-state index contributed by atoms with van der Waals surface area (Å²) in [7, 11) is 0. The molecule has 0 spiro atoms. The molecule has 1 aliphatic heterocycles. The van der Waals surface area contributed by atoms with Gasteiger partial charge in [0.25, 0.3) is 0 Å². The monoisotopic (exact) mass is 443 g/mol. The molecule has 0 saturated carbocycles. The van der Waals surface area contributed by atoms with Crippen molar-refractivity contribution in [3.8, 4) is 0 Å². The van der Waals surface area contributed by atoms with Crippen molar-refractivity contribution in [2.24, 2.45) is 17.4 Å². The summed E-state index contributed by atoms with van der Waals surface area (Å²) >= 11 is 0. The van der Waals surface area contributed by atoms with E-state index in [0.717, 1.165) is 0 Å². The molecule has 0 aromatic rings. The third-order valence-electron chi connectivity index (χ3n) is 5.71. The molecule has 0 radical (unpaired) electrons. The van der Waals surface area contributed by atoms with E-state index in [9.17, 15) is 24.3 Å². The molecule has 11 heteroatoms. The summed E-state index contributed by atoms with van der Waals surface area (Å²) in [5.74, 6) is -2.99. The first kappa shape index (κ1) is 26.8. The van der Waals surface area contributed by atoms with Gasteiger partial charge in [-0.2, -0.15) is 0 Å². The number of carbonyl (C=O) groups excluding carboxylic acids is 3. The molecule has 8 N–H and O–H groups in total. The molecule has 0 aliphatic carbocycles. The van der Waals surface area contributed by atoms with Crippen molar-refractivity contribution in [2.45, 2.75) is 76.5 Å². The molecule has 5 atom stereocenters. The highest BCUT2D eigenvalue weighted by molar-refractivity contribution is 5.94. The third kappa shape index (κ3) is 7.75. The van der Waals surface area contributed by atoms with Crippen LogP contribution in [0.4, 0.5) is 0 Å². The Morgan fingerprint density at radius 3 is 2.39 bits per heavy atom. The largest absolute Gasteiger partial charge is 0.480 e. The number of carboxylic acids is 1. The summed E-state index contributed by atoms with van der Waals surface area (Å²) in [6, 6.07) is -3.95. The maximum absolute atomic E-state index is 13.1. The number of carboxylic acid groups (broad SMARTS) is 1. The van der Waals surface area contributed by atoms with Crippen LogP contribution < -0.4 is 22.1 Å². The minimum Gasteiger partial charge on any atom is -0.480 e. The first-order chi connectivity index (χ1) is 14.7. The molecule has 5 unspecified atom stereocenters. The number of carbonyl (C=O) groups is 4. The standard InChI is InChI=1S/C20H37N5O6/c1-3-12(2)16(24-17(27)13(22)11-26)18(28)23-14(7-4-5-9-21)19(29)25-10-6-8-15(25)20(30)31/h12-16,26H,3-11,21-22H2,1-2H3,(H,23,28)(H,24,27)(H,30,31). The first-order valence-electron chi connectivity index (χ1n) is 10.9. The van der Waals surface area contributed by atoms with E-state index < -0.39 is 54.5 Å². The van der Waals surface area contributed by atoms with Crippen LogP contribution in [-0.2, 0) is 19.2 Å². The number of rotatable bonds is 13. The normalized spacial score (nSPS) is 19.9. The van der Waals surface area contributed by atoms with E-state index in [1.54, 1.807) is 6.92 Å². The van der Waals surface area contributed by atoms with E-state index in [0.29, 0.717) is 51.6 Å². The lowest BCUT2D eigenvalue weighted by Crippen LogP contribution is -2.59. The van der Waals surface area contributed by atoms with Crippen LogP contribution in [0, 0.1) is 5.92 Å². The second-order valence-electron chi connectivity index (χ2n) is 8.03. The first-order valence-corrected chi connectivity index (χ1v) is 10.9. The van der Waals surface area contributed by atoms with Gasteiger partial charge in [0.2, 0.25) is 17.7 Å². The van der Waals surface area contributed by atoms with Crippen LogP contribution in [-0.4, -0.2) is 82.7 Å². The molecule has 1 aliphatic rings. The van der Waals surface area contributed by atoms with Crippen LogP contribution in [0.3, 0.4) is 0 Å². The number of likely N-dealkylation sites (tertiary alicyclic amines) is 1. The van der Waals surface area contributed by atoms with E-state index >= 15 is 0 Å². The van der Waals surface area contributed by atoms with Crippen molar-refractivity contribution in [1.29, 1.82) is 0 Å². The highest BCUT2D eigenvalue weighted by atomic mass is 16.4. The van der Waals surface area contributed by atoms with Gasteiger partial charge in [0.1, 0.15) is 24.2 Å². The SMILES string of the molecule is CCC(C)C(NC(=O)C(N)CO)C(=O)NC(CCCCN)C(=O)N1CCCC1C(=O)O. The van der Waals surface area contributed by atoms with Crippen LogP contribution in [0.2, 0.25) is 0 Å². The third-order valence-corrected chi connectivity index (χ3v) is 5.71. The predicted octanol–water partition coefficient (Wildman–Crippen LogP) is -1.47. The van der Waals surface area contributed by atoms with E-state index in [4.69, 9.17) is 16.6 Å². The van der Waals surface area contributed by atoms with Crippen molar-refractivity contribution in [2.75, 3.05) is 19.7 Å². The summed E-state index contributed by atoms with van der Waals surface area (Å²) in [6.45, 7) is 3.82. The molecule has 11 nitrogen and oxygen atoms in total. The number of aliphatic carboxylic acids is 1. The highest BCUT2D eigenvalue weighted by Gasteiger charge is 2.38. The number of hydrogen-bond donors (Lipinski definition) is 6. The number of aliphatic hydroxyl groups excluding tert-OH is 1. The van der Waals surface area contributed by atoms with Crippen molar-refractivity contribution < 1.29 is 29.4 Å². The lowest BCUT2D eigenvalue weighted by Gasteiger charge is -2.30. The predicted molar refractivity (Wildman–Crippen MR) is 114 cm³/mol. The maximum Gasteiger partial charge on any atom is 0.326 e. The molecule has 31 heavy (non-hydrogen) atoms. The lowest BCUT2D eigenvalue weighted by molar-refractivity contribution is -0.149. The minimum absolute atomic E-state index is 0.256. The van der Waals surface area contributed by atoms with Gasteiger partial charge in [-0.05, 0) is 44.6 Å². The molecule has 0 aromatic heterocycles. The Hall–Kier alpha value is -2.24. The van der Waals surface area contributed by atoms with Crippen molar-refractivity contribution >= 4 is 23.7 Å². The van der Waals surface area contributed by atoms with Gasteiger partial charge in [0, 0.05) is 6.54 Å². The molecular formula is C20H37N5O6. The number of nitrogens with zero attached hydrogens (tertiary/aromatic N) is 1. The lowest BCUT2D eigenvalue weighted by atomic mass is 9.97. The van der Waals surface area contributed by atoms with Crippen LogP contribution in [0.1, 0.15) is 52.4 Å². The summed E-state index contributed by atoms with van der Waals surface area (Å²) in [6.07, 6.45) is 3.06. The molecule has 0 bridgehead atoms. The molecule has 178 valence electrons.